The standard InChI is InChI=1S/C15H17F2N3O/c16-12-5-11(6-13(17)7-12)14-19-15(21-20-14)10-3-1-9(8-18)2-4-10/h5-7,9-10H,1-4,8,18H2. The van der Waals surface area contributed by atoms with Gasteiger partial charge in [-0.3, -0.25) is 0 Å². The van der Waals surface area contributed by atoms with Gasteiger partial charge in [-0.15, -0.1) is 0 Å². The van der Waals surface area contributed by atoms with E-state index in [1.807, 2.05) is 0 Å². The van der Waals surface area contributed by atoms with Crippen LogP contribution >= 0.6 is 0 Å². The molecule has 0 radical (unpaired) electrons. The molecule has 1 saturated carbocycles. The van der Waals surface area contributed by atoms with Crippen LogP contribution < -0.4 is 5.73 Å². The maximum Gasteiger partial charge on any atom is 0.230 e. The van der Waals surface area contributed by atoms with E-state index in [1.165, 1.54) is 12.1 Å². The zero-order valence-corrected chi connectivity index (χ0v) is 11.6. The first-order valence-corrected chi connectivity index (χ1v) is 7.16. The first-order valence-electron chi connectivity index (χ1n) is 7.16. The number of hydrogen-bond donors (Lipinski definition) is 1. The van der Waals surface area contributed by atoms with Gasteiger partial charge in [0.2, 0.25) is 11.7 Å². The zero-order valence-electron chi connectivity index (χ0n) is 11.6. The van der Waals surface area contributed by atoms with Gasteiger partial charge in [-0.05, 0) is 50.3 Å². The second-order valence-electron chi connectivity index (χ2n) is 5.57. The summed E-state index contributed by atoms with van der Waals surface area (Å²) in [6.07, 6.45) is 4.02. The summed E-state index contributed by atoms with van der Waals surface area (Å²) in [6.45, 7) is 0.713. The number of rotatable bonds is 3. The van der Waals surface area contributed by atoms with Gasteiger partial charge in [-0.1, -0.05) is 5.16 Å². The van der Waals surface area contributed by atoms with E-state index in [4.69, 9.17) is 10.3 Å². The van der Waals surface area contributed by atoms with E-state index in [0.717, 1.165) is 31.7 Å². The summed E-state index contributed by atoms with van der Waals surface area (Å²) in [5.41, 5.74) is 5.96. The third kappa shape index (κ3) is 3.10. The number of aromatic nitrogens is 2. The quantitative estimate of drug-likeness (QED) is 0.943. The first-order chi connectivity index (χ1) is 10.2. The maximum absolute atomic E-state index is 13.2. The monoisotopic (exact) mass is 293 g/mol. The van der Waals surface area contributed by atoms with Crippen molar-refractivity contribution in [1.82, 2.24) is 10.1 Å². The molecular weight excluding hydrogens is 276 g/mol. The average molecular weight is 293 g/mol. The van der Waals surface area contributed by atoms with Gasteiger partial charge in [0.05, 0.1) is 0 Å². The molecule has 0 aliphatic heterocycles. The minimum atomic E-state index is -0.653. The van der Waals surface area contributed by atoms with Gasteiger partial charge in [-0.25, -0.2) is 8.78 Å². The molecule has 2 aromatic rings. The lowest BCUT2D eigenvalue weighted by atomic mass is 9.82. The van der Waals surface area contributed by atoms with Crippen LogP contribution in [0.3, 0.4) is 0 Å². The predicted molar refractivity (Wildman–Crippen MR) is 73.4 cm³/mol. The summed E-state index contributed by atoms with van der Waals surface area (Å²) in [7, 11) is 0. The van der Waals surface area contributed by atoms with E-state index in [9.17, 15) is 8.78 Å². The summed E-state index contributed by atoms with van der Waals surface area (Å²) in [4.78, 5) is 4.29. The number of nitrogens with zero attached hydrogens (tertiary/aromatic N) is 2. The van der Waals surface area contributed by atoms with Crippen LogP contribution in [0.5, 0.6) is 0 Å². The van der Waals surface area contributed by atoms with Crippen molar-refractivity contribution >= 4 is 0 Å². The predicted octanol–water partition coefficient (Wildman–Crippen LogP) is 3.25. The Morgan fingerprint density at radius 3 is 2.38 bits per heavy atom. The minimum Gasteiger partial charge on any atom is -0.339 e. The molecule has 0 spiro atoms. The summed E-state index contributed by atoms with van der Waals surface area (Å²) in [5, 5.41) is 3.84. The highest BCUT2D eigenvalue weighted by Crippen LogP contribution is 2.35. The lowest BCUT2D eigenvalue weighted by Crippen LogP contribution is -2.20. The highest BCUT2D eigenvalue weighted by Gasteiger charge is 2.26. The first kappa shape index (κ1) is 14.1. The molecule has 1 aromatic heterocycles. The molecule has 0 saturated heterocycles. The highest BCUT2D eigenvalue weighted by molar-refractivity contribution is 5.54. The Kier molecular flexibility index (Phi) is 3.96. The lowest BCUT2D eigenvalue weighted by Gasteiger charge is -2.24. The van der Waals surface area contributed by atoms with Crippen molar-refractivity contribution in [3.8, 4) is 11.4 Å². The zero-order chi connectivity index (χ0) is 14.8. The second-order valence-corrected chi connectivity index (χ2v) is 5.57. The van der Waals surface area contributed by atoms with Gasteiger partial charge in [0.1, 0.15) is 11.6 Å². The molecule has 21 heavy (non-hydrogen) atoms. The van der Waals surface area contributed by atoms with Crippen LogP contribution in [0.25, 0.3) is 11.4 Å². The van der Waals surface area contributed by atoms with E-state index in [2.05, 4.69) is 10.1 Å². The fraction of sp³-hybridized carbons (Fsp3) is 0.467. The third-order valence-corrected chi connectivity index (χ3v) is 4.09. The van der Waals surface area contributed by atoms with Crippen molar-refractivity contribution in [1.29, 1.82) is 0 Å². The number of benzene rings is 1. The van der Waals surface area contributed by atoms with Crippen LogP contribution in [0.15, 0.2) is 22.7 Å². The van der Waals surface area contributed by atoms with Crippen molar-refractivity contribution in [2.45, 2.75) is 31.6 Å². The molecule has 1 heterocycles. The average Bonchev–Trinajstić information content (AvgIpc) is 2.96. The molecule has 6 heteroatoms. The van der Waals surface area contributed by atoms with Gasteiger partial charge in [-0.2, -0.15) is 4.98 Å². The maximum atomic E-state index is 13.2. The lowest BCUT2D eigenvalue weighted by molar-refractivity contribution is 0.275. The topological polar surface area (TPSA) is 64.9 Å². The van der Waals surface area contributed by atoms with E-state index >= 15 is 0 Å². The summed E-state index contributed by atoms with van der Waals surface area (Å²) < 4.78 is 31.7. The number of hydrogen-bond acceptors (Lipinski definition) is 4. The van der Waals surface area contributed by atoms with Gasteiger partial charge in [0.25, 0.3) is 0 Å². The summed E-state index contributed by atoms with van der Waals surface area (Å²) in [5.74, 6) is 0.252. The van der Waals surface area contributed by atoms with Crippen LogP contribution in [0, 0.1) is 17.6 Å². The molecule has 3 rings (SSSR count). The van der Waals surface area contributed by atoms with E-state index < -0.39 is 11.6 Å². The summed E-state index contributed by atoms with van der Waals surface area (Å²) in [6, 6.07) is 3.21. The molecule has 0 atom stereocenters. The third-order valence-electron chi connectivity index (χ3n) is 4.09. The molecule has 0 bridgehead atoms. The number of nitrogens with two attached hydrogens (primary N) is 1. The van der Waals surface area contributed by atoms with Gasteiger partial charge in [0, 0.05) is 17.5 Å². The minimum absolute atomic E-state index is 0.215. The van der Waals surface area contributed by atoms with Crippen molar-refractivity contribution in [2.24, 2.45) is 11.7 Å². The van der Waals surface area contributed by atoms with Crippen molar-refractivity contribution in [2.75, 3.05) is 6.54 Å². The fourth-order valence-electron chi connectivity index (χ4n) is 2.85. The van der Waals surface area contributed by atoms with Crippen LogP contribution in [-0.4, -0.2) is 16.7 Å². The number of halogens is 2. The molecular formula is C15H17F2N3O. The molecule has 1 aromatic carbocycles. The molecule has 1 aliphatic carbocycles. The molecule has 1 fully saturated rings. The van der Waals surface area contributed by atoms with E-state index in [-0.39, 0.29) is 17.3 Å². The van der Waals surface area contributed by atoms with Crippen molar-refractivity contribution in [3.05, 3.63) is 35.7 Å². The van der Waals surface area contributed by atoms with Crippen LogP contribution in [0.1, 0.15) is 37.5 Å². The fourth-order valence-corrected chi connectivity index (χ4v) is 2.85. The smallest absolute Gasteiger partial charge is 0.230 e. The Morgan fingerprint density at radius 1 is 1.10 bits per heavy atom. The van der Waals surface area contributed by atoms with Crippen LogP contribution in [0.4, 0.5) is 8.78 Å². The van der Waals surface area contributed by atoms with Crippen LogP contribution in [-0.2, 0) is 0 Å². The highest BCUT2D eigenvalue weighted by atomic mass is 19.1. The van der Waals surface area contributed by atoms with Crippen molar-refractivity contribution < 1.29 is 13.3 Å². The van der Waals surface area contributed by atoms with Gasteiger partial charge in [0.15, 0.2) is 0 Å². The molecule has 4 nitrogen and oxygen atoms in total. The Bertz CT molecular complexity index is 601. The Morgan fingerprint density at radius 2 is 1.76 bits per heavy atom. The molecule has 0 unspecified atom stereocenters. The Balaban J connectivity index is 1.77. The molecule has 112 valence electrons. The van der Waals surface area contributed by atoms with Crippen molar-refractivity contribution in [3.63, 3.8) is 0 Å². The SMILES string of the molecule is NCC1CCC(c2nc(-c3cc(F)cc(F)c3)no2)CC1. The molecule has 1 aliphatic rings. The normalized spacial score (nSPS) is 22.4. The van der Waals surface area contributed by atoms with Gasteiger partial charge < -0.3 is 10.3 Å². The van der Waals surface area contributed by atoms with E-state index in [0.29, 0.717) is 18.4 Å². The van der Waals surface area contributed by atoms with Crippen LogP contribution in [0.2, 0.25) is 0 Å². The van der Waals surface area contributed by atoms with E-state index in [1.54, 1.807) is 0 Å². The second kappa shape index (κ2) is 5.89. The largest absolute Gasteiger partial charge is 0.339 e. The van der Waals surface area contributed by atoms with Gasteiger partial charge >= 0.3 is 0 Å². The molecule has 0 amide bonds. The summed E-state index contributed by atoms with van der Waals surface area (Å²) >= 11 is 0. The Hall–Kier alpha value is -1.82. The molecule has 2 N–H and O–H groups in total. The Labute approximate surface area is 121 Å².